The highest BCUT2D eigenvalue weighted by molar-refractivity contribution is 6.09. The van der Waals surface area contributed by atoms with Crippen LogP contribution in [-0.4, -0.2) is 19.6 Å². The van der Waals surface area contributed by atoms with Gasteiger partial charge in [0.1, 0.15) is 5.69 Å². The third-order valence-electron chi connectivity index (χ3n) is 9.61. The first-order valence-electron chi connectivity index (χ1n) is 16.8. The molecule has 0 atom stereocenters. The fraction of sp³-hybridized carbons (Fsp3) is 0. The van der Waals surface area contributed by atoms with Crippen molar-refractivity contribution in [2.45, 2.75) is 0 Å². The molecule has 236 valence electrons. The number of hydrogen-bond donors (Lipinski definition) is 0. The lowest BCUT2D eigenvalue weighted by Crippen LogP contribution is -2.23. The van der Waals surface area contributed by atoms with E-state index in [1.807, 2.05) is 10.9 Å². The van der Waals surface area contributed by atoms with Crippen LogP contribution in [0.2, 0.25) is 0 Å². The van der Waals surface area contributed by atoms with E-state index in [1.54, 1.807) is 0 Å². The first kappa shape index (κ1) is 28.1. The van der Waals surface area contributed by atoms with Crippen molar-refractivity contribution in [2.75, 3.05) is 9.80 Å². The maximum Gasteiger partial charge on any atom is 0.113 e. The van der Waals surface area contributed by atoms with Gasteiger partial charge in [-0.3, -0.25) is 0 Å². The Balaban J connectivity index is 0.963. The zero-order valence-electron chi connectivity index (χ0n) is 27.0. The average Bonchev–Trinajstić information content (AvgIpc) is 3.81. The van der Waals surface area contributed by atoms with Crippen LogP contribution >= 0.6 is 0 Å². The van der Waals surface area contributed by atoms with Gasteiger partial charge in [0.15, 0.2) is 0 Å². The molecule has 0 unspecified atom stereocenters. The third kappa shape index (κ3) is 4.43. The minimum atomic E-state index is 0.822. The second-order valence-corrected chi connectivity index (χ2v) is 12.5. The van der Waals surface area contributed by atoms with Gasteiger partial charge in [-0.05, 0) is 84.9 Å². The van der Waals surface area contributed by atoms with E-state index in [0.29, 0.717) is 0 Å². The first-order chi connectivity index (χ1) is 24.8. The van der Waals surface area contributed by atoms with Gasteiger partial charge in [-0.2, -0.15) is 0 Å². The van der Waals surface area contributed by atoms with E-state index in [2.05, 4.69) is 201 Å². The summed E-state index contributed by atoms with van der Waals surface area (Å²) in [5.41, 5.74) is 13.0. The van der Waals surface area contributed by atoms with E-state index in [9.17, 15) is 0 Å². The smallest absolute Gasteiger partial charge is 0.113 e. The lowest BCUT2D eigenvalue weighted by molar-refractivity contribution is 0.804. The van der Waals surface area contributed by atoms with E-state index < -0.39 is 0 Å². The molecule has 0 saturated heterocycles. The molecule has 0 spiro atoms. The Hall–Kier alpha value is -6.92. The lowest BCUT2D eigenvalue weighted by Gasteiger charge is -2.40. The second kappa shape index (κ2) is 11.4. The number of benzene rings is 7. The number of rotatable bonds is 5. The molecular formula is C44H30N6. The molecule has 1 aliphatic rings. The number of hydrogen-bond acceptors (Lipinski definition) is 4. The predicted octanol–water partition coefficient (Wildman–Crippen LogP) is 11.3. The Morgan fingerprint density at radius 1 is 0.360 bits per heavy atom. The largest absolute Gasteiger partial charge is 0.309 e. The minimum absolute atomic E-state index is 0.822. The van der Waals surface area contributed by atoms with Gasteiger partial charge in [0.25, 0.3) is 0 Å². The van der Waals surface area contributed by atoms with Crippen LogP contribution < -0.4 is 9.80 Å². The number of fused-ring (bicyclic) bond motifs is 5. The highest BCUT2D eigenvalue weighted by Gasteiger charge is 2.30. The average molecular weight is 643 g/mol. The quantitative estimate of drug-likeness (QED) is 0.187. The standard InChI is InChI=1S/C44H30N6/c1-2-12-33(13-3-1)49-41-18-8-10-20-43(41)50(44-21-11-9-19-42(44)49)35-28-26-32(27-29-35)47-30-38(45-46-47)31-22-24-34(25-23-31)48-39-16-6-4-14-36(39)37-15-5-7-17-40(37)48/h1-30H. The molecule has 3 heterocycles. The highest BCUT2D eigenvalue weighted by atomic mass is 15.4. The molecule has 10 rings (SSSR count). The van der Waals surface area contributed by atoms with Crippen molar-refractivity contribution >= 4 is 55.9 Å². The molecule has 2 aromatic heterocycles. The van der Waals surface area contributed by atoms with Gasteiger partial charge >= 0.3 is 0 Å². The van der Waals surface area contributed by atoms with Crippen LogP contribution in [0.3, 0.4) is 0 Å². The van der Waals surface area contributed by atoms with Crippen molar-refractivity contribution in [3.05, 3.63) is 182 Å². The SMILES string of the molecule is c1ccc(N2c3ccccc3N(c3ccc(-n4cc(-c5ccc(-n6c7ccccc7c7ccccc76)cc5)nn4)cc3)c3ccccc32)cc1. The van der Waals surface area contributed by atoms with Gasteiger partial charge < -0.3 is 14.4 Å². The maximum absolute atomic E-state index is 4.55. The van der Waals surface area contributed by atoms with E-state index in [1.165, 1.54) is 21.8 Å². The number of aromatic nitrogens is 4. The molecular weight excluding hydrogens is 613 g/mol. The Kier molecular flexibility index (Phi) is 6.39. The number of para-hydroxylation sites is 7. The third-order valence-corrected chi connectivity index (χ3v) is 9.61. The molecule has 6 nitrogen and oxygen atoms in total. The fourth-order valence-electron chi connectivity index (χ4n) is 7.34. The summed E-state index contributed by atoms with van der Waals surface area (Å²) in [6, 6.07) is 61.9. The molecule has 0 radical (unpaired) electrons. The summed E-state index contributed by atoms with van der Waals surface area (Å²) in [5, 5.41) is 11.6. The van der Waals surface area contributed by atoms with Gasteiger partial charge in [0.2, 0.25) is 0 Å². The Bertz CT molecular complexity index is 2550. The van der Waals surface area contributed by atoms with E-state index in [-0.39, 0.29) is 0 Å². The minimum Gasteiger partial charge on any atom is -0.309 e. The van der Waals surface area contributed by atoms with Crippen LogP contribution in [0.25, 0.3) is 44.4 Å². The van der Waals surface area contributed by atoms with Crippen LogP contribution in [0.5, 0.6) is 0 Å². The second-order valence-electron chi connectivity index (χ2n) is 12.5. The summed E-state index contributed by atoms with van der Waals surface area (Å²) in [5.74, 6) is 0. The summed E-state index contributed by atoms with van der Waals surface area (Å²) in [6.07, 6.45) is 1.99. The zero-order valence-corrected chi connectivity index (χ0v) is 27.0. The Morgan fingerprint density at radius 2 is 0.800 bits per heavy atom. The Labute approximate surface area is 289 Å². The van der Waals surface area contributed by atoms with Gasteiger partial charge in [0, 0.05) is 33.4 Å². The maximum atomic E-state index is 4.55. The molecule has 7 aromatic carbocycles. The first-order valence-corrected chi connectivity index (χ1v) is 16.8. The predicted molar refractivity (Wildman–Crippen MR) is 204 cm³/mol. The van der Waals surface area contributed by atoms with E-state index >= 15 is 0 Å². The van der Waals surface area contributed by atoms with Crippen molar-refractivity contribution in [2.24, 2.45) is 0 Å². The van der Waals surface area contributed by atoms with Crippen LogP contribution in [0.15, 0.2) is 182 Å². The molecule has 0 fully saturated rings. The van der Waals surface area contributed by atoms with Gasteiger partial charge in [0.05, 0.1) is 45.7 Å². The molecule has 0 N–H and O–H groups in total. The topological polar surface area (TPSA) is 42.1 Å². The van der Waals surface area contributed by atoms with Gasteiger partial charge in [-0.15, -0.1) is 5.10 Å². The Morgan fingerprint density at radius 3 is 1.36 bits per heavy atom. The molecule has 0 aliphatic carbocycles. The van der Waals surface area contributed by atoms with Crippen molar-refractivity contribution < 1.29 is 0 Å². The zero-order chi connectivity index (χ0) is 33.0. The summed E-state index contributed by atoms with van der Waals surface area (Å²) in [6.45, 7) is 0. The van der Waals surface area contributed by atoms with Crippen LogP contribution in [0.1, 0.15) is 0 Å². The van der Waals surface area contributed by atoms with Crippen molar-refractivity contribution in [3.63, 3.8) is 0 Å². The van der Waals surface area contributed by atoms with E-state index in [0.717, 1.165) is 56.8 Å². The molecule has 6 heteroatoms. The van der Waals surface area contributed by atoms with Crippen LogP contribution in [-0.2, 0) is 0 Å². The van der Waals surface area contributed by atoms with Crippen LogP contribution in [0, 0.1) is 0 Å². The molecule has 50 heavy (non-hydrogen) atoms. The summed E-state index contributed by atoms with van der Waals surface area (Å²) in [7, 11) is 0. The molecule has 0 saturated carbocycles. The van der Waals surface area contributed by atoms with Crippen LogP contribution in [0.4, 0.5) is 34.1 Å². The summed E-state index contributed by atoms with van der Waals surface area (Å²) >= 11 is 0. The molecule has 0 amide bonds. The fourth-order valence-corrected chi connectivity index (χ4v) is 7.34. The summed E-state index contributed by atoms with van der Waals surface area (Å²) < 4.78 is 4.17. The van der Waals surface area contributed by atoms with Crippen molar-refractivity contribution in [1.29, 1.82) is 0 Å². The molecule has 9 aromatic rings. The summed E-state index contributed by atoms with van der Waals surface area (Å²) in [4.78, 5) is 4.67. The lowest BCUT2D eigenvalue weighted by atomic mass is 10.0. The number of nitrogens with zero attached hydrogens (tertiary/aromatic N) is 6. The monoisotopic (exact) mass is 642 g/mol. The van der Waals surface area contributed by atoms with Gasteiger partial charge in [-0.25, -0.2) is 4.68 Å². The van der Waals surface area contributed by atoms with Gasteiger partial charge in [-0.1, -0.05) is 96.2 Å². The molecule has 0 bridgehead atoms. The van der Waals surface area contributed by atoms with E-state index in [4.69, 9.17) is 0 Å². The van der Waals surface area contributed by atoms with Crippen molar-refractivity contribution in [1.82, 2.24) is 19.6 Å². The van der Waals surface area contributed by atoms with Crippen molar-refractivity contribution in [3.8, 4) is 22.6 Å². The number of anilines is 6. The molecule has 1 aliphatic heterocycles. The normalized spacial score (nSPS) is 12.3. The highest BCUT2D eigenvalue weighted by Crippen LogP contribution is 2.53.